The van der Waals surface area contributed by atoms with E-state index in [1.807, 2.05) is 0 Å². The van der Waals surface area contributed by atoms with Crippen LogP contribution >= 0.6 is 0 Å². The van der Waals surface area contributed by atoms with Crippen LogP contribution < -0.4 is 15.1 Å². The molecule has 0 N–H and O–H groups in total. The van der Waals surface area contributed by atoms with E-state index in [4.69, 9.17) is 9.15 Å². The minimum absolute atomic E-state index is 0.0528. The summed E-state index contributed by atoms with van der Waals surface area (Å²) < 4.78 is 39.0. The summed E-state index contributed by atoms with van der Waals surface area (Å²) in [4.78, 5) is 28.4. The van der Waals surface area contributed by atoms with E-state index in [0.29, 0.717) is 23.6 Å². The van der Waals surface area contributed by atoms with Crippen LogP contribution in [0.15, 0.2) is 75.9 Å². The molecule has 1 amide bonds. The summed E-state index contributed by atoms with van der Waals surface area (Å²) in [6.45, 7) is 2.66. The number of fused-ring (bicyclic) bond motifs is 2. The number of hydrogen-bond donors (Lipinski definition) is 0. The maximum Gasteiger partial charge on any atom is 0.295 e. The highest BCUT2D eigenvalue weighted by Gasteiger charge is 2.43. The summed E-state index contributed by atoms with van der Waals surface area (Å²) in [6.07, 6.45) is 1.94. The van der Waals surface area contributed by atoms with Crippen molar-refractivity contribution in [3.63, 3.8) is 0 Å². The molecular formula is C27H21F2NO4. The van der Waals surface area contributed by atoms with Crippen molar-refractivity contribution in [2.24, 2.45) is 0 Å². The van der Waals surface area contributed by atoms with Crippen molar-refractivity contribution < 1.29 is 22.7 Å². The van der Waals surface area contributed by atoms with Crippen molar-refractivity contribution in [2.45, 2.75) is 25.8 Å². The molecule has 0 saturated heterocycles. The Morgan fingerprint density at radius 1 is 0.941 bits per heavy atom. The van der Waals surface area contributed by atoms with Crippen molar-refractivity contribution in [2.75, 3.05) is 11.5 Å². The van der Waals surface area contributed by atoms with E-state index in [9.17, 15) is 18.4 Å². The van der Waals surface area contributed by atoms with Gasteiger partial charge in [-0.1, -0.05) is 25.5 Å². The van der Waals surface area contributed by atoms with Crippen LogP contribution in [0.25, 0.3) is 11.0 Å². The van der Waals surface area contributed by atoms with Gasteiger partial charge >= 0.3 is 0 Å². The van der Waals surface area contributed by atoms with Crippen LogP contribution in [0.4, 0.5) is 14.5 Å². The second kappa shape index (κ2) is 8.74. The molecule has 2 heterocycles. The van der Waals surface area contributed by atoms with E-state index in [-0.39, 0.29) is 22.3 Å². The minimum Gasteiger partial charge on any atom is -0.494 e. The molecule has 5 rings (SSSR count). The standard InChI is InChI=1S/C27H21F2NO4/c1-2-3-14-33-20-11-4-16(5-12-20)24-23-25(31)21-15-18(29)8-13-22(21)34-26(23)27(32)30(24)19-9-6-17(28)7-10-19/h4-13,15,24H,2-3,14H2,1H3. The highest BCUT2D eigenvalue weighted by Crippen LogP contribution is 2.41. The summed E-state index contributed by atoms with van der Waals surface area (Å²) in [5.74, 6) is -0.999. The van der Waals surface area contributed by atoms with Gasteiger partial charge in [0, 0.05) is 5.69 Å². The first-order valence-electron chi connectivity index (χ1n) is 11.1. The monoisotopic (exact) mass is 461 g/mol. The molecule has 3 aromatic carbocycles. The molecule has 5 nitrogen and oxygen atoms in total. The Morgan fingerprint density at radius 2 is 1.65 bits per heavy atom. The zero-order chi connectivity index (χ0) is 23.8. The summed E-state index contributed by atoms with van der Waals surface area (Å²) >= 11 is 0. The van der Waals surface area contributed by atoms with Crippen LogP contribution in [0.3, 0.4) is 0 Å². The number of carbonyl (C=O) groups is 1. The van der Waals surface area contributed by atoms with Crippen molar-refractivity contribution in [3.8, 4) is 5.75 Å². The summed E-state index contributed by atoms with van der Waals surface area (Å²) in [6, 6.07) is 15.3. The van der Waals surface area contributed by atoms with Gasteiger partial charge in [-0.15, -0.1) is 0 Å². The molecule has 1 aromatic heterocycles. The lowest BCUT2D eigenvalue weighted by Crippen LogP contribution is -2.29. The van der Waals surface area contributed by atoms with Crippen molar-refractivity contribution in [1.82, 2.24) is 0 Å². The maximum atomic E-state index is 13.9. The Labute approximate surface area is 194 Å². The first-order valence-corrected chi connectivity index (χ1v) is 11.1. The average molecular weight is 461 g/mol. The smallest absolute Gasteiger partial charge is 0.295 e. The maximum absolute atomic E-state index is 13.9. The Bertz CT molecular complexity index is 1430. The molecule has 4 aromatic rings. The summed E-state index contributed by atoms with van der Waals surface area (Å²) in [5.41, 5.74) is 0.801. The van der Waals surface area contributed by atoms with Gasteiger partial charge in [-0.05, 0) is 66.6 Å². The number of hydrogen-bond acceptors (Lipinski definition) is 4. The van der Waals surface area contributed by atoms with E-state index >= 15 is 0 Å². The Kier molecular flexibility index (Phi) is 5.61. The second-order valence-electron chi connectivity index (χ2n) is 8.14. The molecule has 172 valence electrons. The number of amides is 1. The van der Waals surface area contributed by atoms with Crippen LogP contribution in [-0.2, 0) is 0 Å². The Hall–Kier alpha value is -4.00. The molecule has 0 saturated carbocycles. The summed E-state index contributed by atoms with van der Waals surface area (Å²) in [5, 5.41) is 0.0528. The van der Waals surface area contributed by atoms with Crippen LogP contribution in [0.2, 0.25) is 0 Å². The zero-order valence-electron chi connectivity index (χ0n) is 18.4. The quantitative estimate of drug-likeness (QED) is 0.331. The van der Waals surface area contributed by atoms with E-state index in [2.05, 4.69) is 6.92 Å². The van der Waals surface area contributed by atoms with E-state index in [1.165, 1.54) is 41.3 Å². The fraction of sp³-hybridized carbons (Fsp3) is 0.185. The fourth-order valence-electron chi connectivity index (χ4n) is 4.21. The third kappa shape index (κ3) is 3.73. The molecule has 1 unspecified atom stereocenters. The molecule has 34 heavy (non-hydrogen) atoms. The van der Waals surface area contributed by atoms with Gasteiger partial charge in [-0.2, -0.15) is 0 Å². The summed E-state index contributed by atoms with van der Waals surface area (Å²) in [7, 11) is 0. The molecule has 0 radical (unpaired) electrons. The lowest BCUT2D eigenvalue weighted by atomic mass is 9.98. The van der Waals surface area contributed by atoms with Gasteiger partial charge in [0.25, 0.3) is 5.91 Å². The molecule has 0 bridgehead atoms. The molecule has 1 aliphatic rings. The van der Waals surface area contributed by atoms with Crippen molar-refractivity contribution in [3.05, 3.63) is 105 Å². The first kappa shape index (κ1) is 21.8. The van der Waals surface area contributed by atoms with Crippen molar-refractivity contribution in [1.29, 1.82) is 0 Å². The van der Waals surface area contributed by atoms with Gasteiger partial charge in [0.05, 0.1) is 23.6 Å². The molecule has 1 aliphatic heterocycles. The number of nitrogens with zero attached hydrogens (tertiary/aromatic N) is 1. The number of anilines is 1. The zero-order valence-corrected chi connectivity index (χ0v) is 18.4. The predicted octanol–water partition coefficient (Wildman–Crippen LogP) is 6.00. The van der Waals surface area contributed by atoms with Gasteiger partial charge < -0.3 is 9.15 Å². The van der Waals surface area contributed by atoms with Gasteiger partial charge in [0.1, 0.15) is 23.0 Å². The third-order valence-corrected chi connectivity index (χ3v) is 5.90. The lowest BCUT2D eigenvalue weighted by Gasteiger charge is -2.25. The van der Waals surface area contributed by atoms with Crippen LogP contribution in [0.1, 0.15) is 47.5 Å². The number of carbonyl (C=O) groups excluding carboxylic acids is 1. The van der Waals surface area contributed by atoms with Gasteiger partial charge in [0.2, 0.25) is 5.76 Å². The number of ether oxygens (including phenoxy) is 1. The van der Waals surface area contributed by atoms with Gasteiger partial charge in [0.15, 0.2) is 5.43 Å². The predicted molar refractivity (Wildman–Crippen MR) is 124 cm³/mol. The van der Waals surface area contributed by atoms with Crippen LogP contribution in [0, 0.1) is 11.6 Å². The number of unbranched alkanes of at least 4 members (excludes halogenated alkanes) is 1. The molecule has 7 heteroatoms. The van der Waals surface area contributed by atoms with Gasteiger partial charge in [-0.25, -0.2) is 8.78 Å². The SMILES string of the molecule is CCCCOc1ccc(C2c3c(oc4ccc(F)cc4c3=O)C(=O)N2c2ccc(F)cc2)cc1. The van der Waals surface area contributed by atoms with Crippen LogP contribution in [0.5, 0.6) is 5.75 Å². The number of benzene rings is 3. The van der Waals surface area contributed by atoms with Crippen molar-refractivity contribution >= 4 is 22.6 Å². The van der Waals surface area contributed by atoms with E-state index in [0.717, 1.165) is 18.9 Å². The second-order valence-corrected chi connectivity index (χ2v) is 8.14. The Balaban J connectivity index is 1.67. The first-order chi connectivity index (χ1) is 16.5. The lowest BCUT2D eigenvalue weighted by molar-refractivity contribution is 0.0971. The van der Waals surface area contributed by atoms with E-state index < -0.39 is 29.0 Å². The van der Waals surface area contributed by atoms with Crippen LogP contribution in [-0.4, -0.2) is 12.5 Å². The van der Waals surface area contributed by atoms with Gasteiger partial charge in [-0.3, -0.25) is 14.5 Å². The van der Waals surface area contributed by atoms with E-state index in [1.54, 1.807) is 24.3 Å². The molecule has 1 atom stereocenters. The highest BCUT2D eigenvalue weighted by atomic mass is 19.1. The highest BCUT2D eigenvalue weighted by molar-refractivity contribution is 6.10. The number of rotatable bonds is 6. The largest absolute Gasteiger partial charge is 0.494 e. The third-order valence-electron chi connectivity index (χ3n) is 5.90. The minimum atomic E-state index is -0.832. The topological polar surface area (TPSA) is 59.8 Å². The normalized spacial score (nSPS) is 15.1. The number of halogens is 2. The molecule has 0 fully saturated rings. The average Bonchev–Trinajstić information content (AvgIpc) is 3.13. The molecule has 0 aliphatic carbocycles. The fourth-order valence-corrected chi connectivity index (χ4v) is 4.21. The molecular weight excluding hydrogens is 440 g/mol. The Morgan fingerprint density at radius 3 is 2.35 bits per heavy atom. The molecule has 0 spiro atoms.